The van der Waals surface area contributed by atoms with Crippen LogP contribution in [0.3, 0.4) is 0 Å². The molecule has 1 aliphatic carbocycles. The van der Waals surface area contributed by atoms with Crippen molar-refractivity contribution in [3.63, 3.8) is 0 Å². The van der Waals surface area contributed by atoms with Crippen molar-refractivity contribution < 1.29 is 4.74 Å². The Bertz CT molecular complexity index is 379. The van der Waals surface area contributed by atoms with Crippen molar-refractivity contribution in [3.05, 3.63) is 16.6 Å². The summed E-state index contributed by atoms with van der Waals surface area (Å²) in [6.07, 6.45) is 7.58. The number of rotatable bonds is 5. The zero-order valence-electron chi connectivity index (χ0n) is 12.5. The lowest BCUT2D eigenvalue weighted by molar-refractivity contribution is -0.0847. The number of aromatic nitrogens is 1. The SMILES string of the molecule is CNC(Cc1nccs1)C1(OC)CCC(C)(C)CC1. The van der Waals surface area contributed by atoms with E-state index in [-0.39, 0.29) is 5.60 Å². The number of methoxy groups -OCH3 is 1. The summed E-state index contributed by atoms with van der Waals surface area (Å²) < 4.78 is 5.99. The number of likely N-dealkylation sites (N-methyl/N-ethyl adjacent to an activating group) is 1. The summed E-state index contributed by atoms with van der Waals surface area (Å²) in [6.45, 7) is 4.73. The first kappa shape index (κ1) is 14.9. The van der Waals surface area contributed by atoms with Gasteiger partial charge in [0.2, 0.25) is 0 Å². The van der Waals surface area contributed by atoms with Gasteiger partial charge in [-0.1, -0.05) is 13.8 Å². The highest BCUT2D eigenvalue weighted by Crippen LogP contribution is 2.43. The predicted octanol–water partition coefficient (Wildman–Crippen LogP) is 3.26. The highest BCUT2D eigenvalue weighted by atomic mass is 32.1. The number of nitrogens with one attached hydrogen (secondary N) is 1. The van der Waals surface area contributed by atoms with E-state index in [2.05, 4.69) is 24.1 Å². The average molecular weight is 282 g/mol. The largest absolute Gasteiger partial charge is 0.377 e. The highest BCUT2D eigenvalue weighted by molar-refractivity contribution is 7.09. The fourth-order valence-electron chi connectivity index (χ4n) is 3.12. The molecule has 0 amide bonds. The third kappa shape index (κ3) is 3.36. The van der Waals surface area contributed by atoms with Gasteiger partial charge in [0.15, 0.2) is 0 Å². The second-order valence-electron chi connectivity index (χ2n) is 6.40. The van der Waals surface area contributed by atoms with E-state index in [0.29, 0.717) is 11.5 Å². The Labute approximate surface area is 120 Å². The van der Waals surface area contributed by atoms with Crippen LogP contribution in [-0.2, 0) is 11.2 Å². The lowest BCUT2D eigenvalue weighted by atomic mass is 9.68. The van der Waals surface area contributed by atoms with Crippen LogP contribution in [0.25, 0.3) is 0 Å². The maximum Gasteiger partial charge on any atom is 0.0941 e. The molecule has 108 valence electrons. The molecule has 0 aliphatic heterocycles. The van der Waals surface area contributed by atoms with E-state index in [9.17, 15) is 0 Å². The van der Waals surface area contributed by atoms with E-state index in [0.717, 1.165) is 19.3 Å². The van der Waals surface area contributed by atoms with E-state index in [1.807, 2.05) is 25.7 Å². The number of hydrogen-bond acceptors (Lipinski definition) is 4. The van der Waals surface area contributed by atoms with E-state index in [1.54, 1.807) is 11.3 Å². The molecule has 1 N–H and O–H groups in total. The minimum Gasteiger partial charge on any atom is -0.377 e. The number of hydrogen-bond donors (Lipinski definition) is 1. The Hall–Kier alpha value is -0.450. The van der Waals surface area contributed by atoms with E-state index >= 15 is 0 Å². The molecule has 0 radical (unpaired) electrons. The summed E-state index contributed by atoms with van der Waals surface area (Å²) in [5, 5.41) is 6.71. The maximum atomic E-state index is 5.99. The lowest BCUT2D eigenvalue weighted by Crippen LogP contribution is -2.54. The van der Waals surface area contributed by atoms with Gasteiger partial charge in [0, 0.05) is 31.1 Å². The van der Waals surface area contributed by atoms with Gasteiger partial charge in [-0.2, -0.15) is 0 Å². The van der Waals surface area contributed by atoms with Gasteiger partial charge >= 0.3 is 0 Å². The van der Waals surface area contributed by atoms with Gasteiger partial charge in [-0.05, 0) is 38.1 Å². The van der Waals surface area contributed by atoms with Gasteiger partial charge in [-0.3, -0.25) is 0 Å². The molecule has 1 aromatic heterocycles. The minimum absolute atomic E-state index is 0.0318. The smallest absolute Gasteiger partial charge is 0.0941 e. The van der Waals surface area contributed by atoms with E-state index < -0.39 is 0 Å². The molecule has 1 saturated carbocycles. The summed E-state index contributed by atoms with van der Waals surface area (Å²) in [7, 11) is 3.91. The van der Waals surface area contributed by atoms with Crippen LogP contribution >= 0.6 is 11.3 Å². The molecule has 1 aromatic rings. The molecule has 1 unspecified atom stereocenters. The molecule has 0 aromatic carbocycles. The first-order chi connectivity index (χ1) is 9.01. The third-order valence-electron chi connectivity index (χ3n) is 4.70. The van der Waals surface area contributed by atoms with Gasteiger partial charge in [0.25, 0.3) is 0 Å². The molecule has 1 aliphatic rings. The molecule has 2 rings (SSSR count). The molecule has 0 saturated heterocycles. The van der Waals surface area contributed by atoms with Crippen LogP contribution in [0.4, 0.5) is 0 Å². The van der Waals surface area contributed by atoms with Crippen LogP contribution in [0.1, 0.15) is 44.5 Å². The molecule has 19 heavy (non-hydrogen) atoms. The van der Waals surface area contributed by atoms with Crippen LogP contribution in [0.2, 0.25) is 0 Å². The molecule has 1 fully saturated rings. The van der Waals surface area contributed by atoms with Gasteiger partial charge in [0.05, 0.1) is 10.6 Å². The zero-order chi connectivity index (χ0) is 13.9. The van der Waals surface area contributed by atoms with Crippen molar-refractivity contribution in [1.82, 2.24) is 10.3 Å². The van der Waals surface area contributed by atoms with Crippen LogP contribution in [0, 0.1) is 5.41 Å². The van der Waals surface area contributed by atoms with Crippen molar-refractivity contribution in [2.75, 3.05) is 14.2 Å². The van der Waals surface area contributed by atoms with Crippen LogP contribution in [-0.4, -0.2) is 30.8 Å². The first-order valence-electron chi connectivity index (χ1n) is 7.12. The summed E-state index contributed by atoms with van der Waals surface area (Å²) >= 11 is 1.73. The molecular formula is C15H26N2OS. The molecular weight excluding hydrogens is 256 g/mol. The van der Waals surface area contributed by atoms with Crippen molar-refractivity contribution in [3.8, 4) is 0 Å². The van der Waals surface area contributed by atoms with Crippen LogP contribution < -0.4 is 5.32 Å². The summed E-state index contributed by atoms with van der Waals surface area (Å²) in [4.78, 5) is 4.42. The Morgan fingerprint density at radius 2 is 2.05 bits per heavy atom. The minimum atomic E-state index is -0.0318. The second-order valence-corrected chi connectivity index (χ2v) is 7.38. The second kappa shape index (κ2) is 5.90. The van der Waals surface area contributed by atoms with Crippen molar-refractivity contribution >= 4 is 11.3 Å². The van der Waals surface area contributed by atoms with E-state index in [4.69, 9.17) is 4.74 Å². The quantitative estimate of drug-likeness (QED) is 0.900. The standard InChI is InChI=1S/C15H26N2OS/c1-14(2)5-7-15(18-4,8-6-14)12(16-3)11-13-17-9-10-19-13/h9-10,12,16H,5-8,11H2,1-4H3. The van der Waals surface area contributed by atoms with Gasteiger partial charge in [0.1, 0.15) is 0 Å². The maximum absolute atomic E-state index is 5.99. The molecule has 3 nitrogen and oxygen atoms in total. The Balaban J connectivity index is 2.10. The van der Waals surface area contributed by atoms with Crippen molar-refractivity contribution in [2.45, 2.75) is 57.6 Å². The Morgan fingerprint density at radius 3 is 2.53 bits per heavy atom. The topological polar surface area (TPSA) is 34.2 Å². The number of nitrogens with zero attached hydrogens (tertiary/aromatic N) is 1. The van der Waals surface area contributed by atoms with Gasteiger partial charge in [-0.15, -0.1) is 11.3 Å². The summed E-state index contributed by atoms with van der Waals surface area (Å²) in [5.74, 6) is 0. The van der Waals surface area contributed by atoms with Gasteiger partial charge in [-0.25, -0.2) is 4.98 Å². The third-order valence-corrected chi connectivity index (χ3v) is 5.50. The van der Waals surface area contributed by atoms with Crippen LogP contribution in [0.15, 0.2) is 11.6 Å². The first-order valence-corrected chi connectivity index (χ1v) is 8.00. The fourth-order valence-corrected chi connectivity index (χ4v) is 3.79. The molecule has 0 bridgehead atoms. The molecule has 1 atom stereocenters. The molecule has 0 spiro atoms. The Morgan fingerprint density at radius 1 is 1.37 bits per heavy atom. The number of thiazole rings is 1. The average Bonchev–Trinajstić information content (AvgIpc) is 2.90. The van der Waals surface area contributed by atoms with E-state index in [1.165, 1.54) is 17.8 Å². The summed E-state index contributed by atoms with van der Waals surface area (Å²) in [5.41, 5.74) is 0.428. The monoisotopic (exact) mass is 282 g/mol. The normalized spacial score (nSPS) is 23.2. The predicted molar refractivity (Wildman–Crippen MR) is 80.7 cm³/mol. The van der Waals surface area contributed by atoms with Gasteiger partial charge < -0.3 is 10.1 Å². The van der Waals surface area contributed by atoms with Crippen molar-refractivity contribution in [2.24, 2.45) is 5.41 Å². The molecule has 4 heteroatoms. The number of ether oxygens (including phenoxy) is 1. The van der Waals surface area contributed by atoms with Crippen molar-refractivity contribution in [1.29, 1.82) is 0 Å². The highest BCUT2D eigenvalue weighted by Gasteiger charge is 2.43. The summed E-state index contributed by atoms with van der Waals surface area (Å²) in [6, 6.07) is 0.347. The fraction of sp³-hybridized carbons (Fsp3) is 0.800. The lowest BCUT2D eigenvalue weighted by Gasteiger charge is -2.47. The van der Waals surface area contributed by atoms with Crippen LogP contribution in [0.5, 0.6) is 0 Å². The molecule has 1 heterocycles. The zero-order valence-corrected chi connectivity index (χ0v) is 13.3. The Kier molecular flexibility index (Phi) is 4.64.